The number of hydrogen-bond acceptors (Lipinski definition) is 2. The molecule has 0 unspecified atom stereocenters. The average molecular weight is 336 g/mol. The van der Waals surface area contributed by atoms with E-state index in [0.717, 1.165) is 26.5 Å². The highest BCUT2D eigenvalue weighted by molar-refractivity contribution is 7.09. The van der Waals surface area contributed by atoms with Crippen molar-refractivity contribution < 1.29 is 4.79 Å². The third-order valence-corrected chi connectivity index (χ3v) is 5.03. The summed E-state index contributed by atoms with van der Waals surface area (Å²) in [6.45, 7) is 6.11. The van der Waals surface area contributed by atoms with Gasteiger partial charge in [0.1, 0.15) is 0 Å². The van der Waals surface area contributed by atoms with Gasteiger partial charge in [0.05, 0.1) is 5.69 Å². The largest absolute Gasteiger partial charge is 0.319 e. The van der Waals surface area contributed by atoms with E-state index in [-0.39, 0.29) is 5.91 Å². The molecule has 3 nitrogen and oxygen atoms in total. The predicted octanol–water partition coefficient (Wildman–Crippen LogP) is 4.42. The smallest absolute Gasteiger partial charge is 0.279 e. The van der Waals surface area contributed by atoms with E-state index < -0.39 is 0 Å². The molecule has 0 saturated heterocycles. The van der Waals surface area contributed by atoms with Crippen LogP contribution in [-0.4, -0.2) is 10.5 Å². The first-order chi connectivity index (χ1) is 11.5. The van der Waals surface area contributed by atoms with Crippen LogP contribution in [0.4, 0.5) is 0 Å². The zero-order valence-electron chi connectivity index (χ0n) is 14.3. The Hall–Kier alpha value is -2.46. The van der Waals surface area contributed by atoms with E-state index in [1.807, 2.05) is 36.7 Å². The summed E-state index contributed by atoms with van der Waals surface area (Å²) in [4.78, 5) is 18.7. The fourth-order valence-corrected chi connectivity index (χ4v) is 3.70. The monoisotopic (exact) mass is 336 g/mol. The molecule has 24 heavy (non-hydrogen) atoms. The molecular formula is C20H20N2OS. The summed E-state index contributed by atoms with van der Waals surface area (Å²) in [6.07, 6.45) is 0. The van der Waals surface area contributed by atoms with Crippen molar-refractivity contribution in [3.05, 3.63) is 74.9 Å². The van der Waals surface area contributed by atoms with Crippen molar-refractivity contribution >= 4 is 17.2 Å². The quantitative estimate of drug-likeness (QED) is 0.682. The first-order valence-electron chi connectivity index (χ1n) is 7.85. The van der Waals surface area contributed by atoms with Crippen LogP contribution in [0.5, 0.6) is 0 Å². The van der Waals surface area contributed by atoms with Gasteiger partial charge >= 0.3 is 0 Å². The molecule has 0 radical (unpaired) electrons. The van der Waals surface area contributed by atoms with Gasteiger partial charge in [-0.05, 0) is 38.5 Å². The number of aryl methyl sites for hydroxylation is 3. The molecule has 1 aromatic heterocycles. The Bertz CT molecular complexity index is 962. The zero-order valence-corrected chi connectivity index (χ0v) is 15.1. The van der Waals surface area contributed by atoms with Crippen LogP contribution in [0, 0.1) is 20.8 Å². The molecule has 1 heterocycles. The highest BCUT2D eigenvalue weighted by Gasteiger charge is 2.11. The number of benzene rings is 2. The standard InChI is InChI=1S/C20H20N2OS/c1-13-8-10-16(11-9-13)18-15(3)24-20(22(18)4)21-19(23)17-7-5-6-14(2)12-17/h5-12H,1-4H3. The van der Waals surface area contributed by atoms with Gasteiger partial charge in [0, 0.05) is 17.5 Å². The van der Waals surface area contributed by atoms with Crippen LogP contribution < -0.4 is 4.80 Å². The van der Waals surface area contributed by atoms with Crippen molar-refractivity contribution in [3.8, 4) is 11.3 Å². The van der Waals surface area contributed by atoms with Gasteiger partial charge < -0.3 is 4.57 Å². The molecule has 2 aromatic carbocycles. The molecule has 0 aliphatic heterocycles. The highest BCUT2D eigenvalue weighted by Crippen LogP contribution is 2.24. The van der Waals surface area contributed by atoms with E-state index in [0.29, 0.717) is 5.56 Å². The summed E-state index contributed by atoms with van der Waals surface area (Å²) in [7, 11) is 1.96. The van der Waals surface area contributed by atoms with Gasteiger partial charge in [-0.25, -0.2) is 0 Å². The van der Waals surface area contributed by atoms with Gasteiger partial charge in [0.2, 0.25) is 0 Å². The molecule has 0 atom stereocenters. The molecule has 3 aromatic rings. The molecule has 0 fully saturated rings. The molecule has 0 aliphatic carbocycles. The van der Waals surface area contributed by atoms with Crippen molar-refractivity contribution in [2.24, 2.45) is 12.0 Å². The minimum Gasteiger partial charge on any atom is -0.319 e. The minimum atomic E-state index is -0.203. The first kappa shape index (κ1) is 16.4. The van der Waals surface area contributed by atoms with E-state index >= 15 is 0 Å². The van der Waals surface area contributed by atoms with Crippen molar-refractivity contribution in [1.29, 1.82) is 0 Å². The van der Waals surface area contributed by atoms with E-state index in [2.05, 4.69) is 43.1 Å². The van der Waals surface area contributed by atoms with Gasteiger partial charge in [-0.15, -0.1) is 11.3 Å². The lowest BCUT2D eigenvalue weighted by Gasteiger charge is -2.05. The fourth-order valence-electron chi connectivity index (χ4n) is 2.72. The van der Waals surface area contributed by atoms with Crippen molar-refractivity contribution in [2.75, 3.05) is 0 Å². The zero-order chi connectivity index (χ0) is 17.3. The van der Waals surface area contributed by atoms with Crippen LogP contribution in [0.15, 0.2) is 53.5 Å². The number of thiazole rings is 1. The second-order valence-corrected chi connectivity index (χ2v) is 7.18. The number of rotatable bonds is 2. The van der Waals surface area contributed by atoms with Gasteiger partial charge in [0.15, 0.2) is 4.80 Å². The predicted molar refractivity (Wildman–Crippen MR) is 99.3 cm³/mol. The second kappa shape index (κ2) is 6.57. The van der Waals surface area contributed by atoms with Crippen molar-refractivity contribution in [1.82, 2.24) is 4.57 Å². The third kappa shape index (κ3) is 3.24. The lowest BCUT2D eigenvalue weighted by Crippen LogP contribution is -2.14. The number of aromatic nitrogens is 1. The van der Waals surface area contributed by atoms with E-state index in [1.54, 1.807) is 17.4 Å². The lowest BCUT2D eigenvalue weighted by molar-refractivity contribution is 0.0998. The molecule has 4 heteroatoms. The summed E-state index contributed by atoms with van der Waals surface area (Å²) < 4.78 is 2.00. The van der Waals surface area contributed by atoms with Gasteiger partial charge in [-0.3, -0.25) is 4.79 Å². The lowest BCUT2D eigenvalue weighted by atomic mass is 10.1. The Kier molecular flexibility index (Phi) is 4.49. The molecule has 0 bridgehead atoms. The molecule has 1 amide bonds. The van der Waals surface area contributed by atoms with Crippen LogP contribution in [-0.2, 0) is 7.05 Å². The molecule has 122 valence electrons. The Morgan fingerprint density at radius 1 is 1.00 bits per heavy atom. The third-order valence-electron chi connectivity index (χ3n) is 3.99. The number of hydrogen-bond donors (Lipinski definition) is 0. The maximum absolute atomic E-state index is 12.4. The summed E-state index contributed by atoms with van der Waals surface area (Å²) in [5.74, 6) is -0.203. The van der Waals surface area contributed by atoms with Gasteiger partial charge in [-0.2, -0.15) is 4.99 Å². The fraction of sp³-hybridized carbons (Fsp3) is 0.200. The summed E-state index contributed by atoms with van der Waals surface area (Å²) in [6, 6.07) is 15.9. The number of carbonyl (C=O) groups excluding carboxylic acids is 1. The SMILES string of the molecule is Cc1ccc(-c2c(C)sc(=NC(=O)c3cccc(C)c3)n2C)cc1. The Morgan fingerprint density at radius 2 is 1.71 bits per heavy atom. The Labute approximate surface area is 145 Å². The van der Waals surface area contributed by atoms with E-state index in [9.17, 15) is 4.79 Å². The summed E-state index contributed by atoms with van der Waals surface area (Å²) in [5.41, 5.74) is 5.16. The van der Waals surface area contributed by atoms with Gasteiger partial charge in [-0.1, -0.05) is 47.5 Å². The van der Waals surface area contributed by atoms with Crippen LogP contribution in [0.1, 0.15) is 26.4 Å². The number of nitrogens with zero attached hydrogens (tertiary/aromatic N) is 2. The van der Waals surface area contributed by atoms with Crippen molar-refractivity contribution in [3.63, 3.8) is 0 Å². The topological polar surface area (TPSA) is 34.4 Å². The molecule has 0 aliphatic rings. The first-order valence-corrected chi connectivity index (χ1v) is 8.66. The molecule has 0 saturated carbocycles. The average Bonchev–Trinajstić information content (AvgIpc) is 2.82. The van der Waals surface area contributed by atoms with Gasteiger partial charge in [0.25, 0.3) is 5.91 Å². The number of amides is 1. The molecule has 0 N–H and O–H groups in total. The minimum absolute atomic E-state index is 0.203. The molecule has 0 spiro atoms. The maximum atomic E-state index is 12.4. The van der Waals surface area contributed by atoms with Crippen LogP contribution in [0.2, 0.25) is 0 Å². The molecule has 3 rings (SSSR count). The molecular weight excluding hydrogens is 316 g/mol. The maximum Gasteiger partial charge on any atom is 0.279 e. The van der Waals surface area contributed by atoms with E-state index in [1.165, 1.54) is 5.56 Å². The van der Waals surface area contributed by atoms with Crippen LogP contribution >= 0.6 is 11.3 Å². The van der Waals surface area contributed by atoms with Crippen LogP contribution in [0.25, 0.3) is 11.3 Å². The van der Waals surface area contributed by atoms with Crippen LogP contribution in [0.3, 0.4) is 0 Å². The Balaban J connectivity index is 2.05. The highest BCUT2D eigenvalue weighted by atomic mass is 32.1. The summed E-state index contributed by atoms with van der Waals surface area (Å²) in [5, 5.41) is 0. The van der Waals surface area contributed by atoms with Crippen molar-refractivity contribution in [2.45, 2.75) is 20.8 Å². The number of carbonyl (C=O) groups is 1. The van der Waals surface area contributed by atoms with E-state index in [4.69, 9.17) is 0 Å². The second-order valence-electron chi connectivity index (χ2n) is 6.00. The normalized spacial score (nSPS) is 11.8. The Morgan fingerprint density at radius 3 is 2.38 bits per heavy atom. The summed E-state index contributed by atoms with van der Waals surface area (Å²) >= 11 is 1.54.